The number of fused-ring (bicyclic) bond motifs is 1. The van der Waals surface area contributed by atoms with E-state index in [2.05, 4.69) is 0 Å². The fourth-order valence-corrected chi connectivity index (χ4v) is 1.50. The molecular formula is C9H9N3O4. The van der Waals surface area contributed by atoms with Crippen LogP contribution in [0.15, 0.2) is 27.4 Å². The van der Waals surface area contributed by atoms with Crippen LogP contribution in [-0.2, 0) is 6.54 Å². The first-order chi connectivity index (χ1) is 7.63. The van der Waals surface area contributed by atoms with E-state index in [0.717, 1.165) is 0 Å². The molecule has 0 amide bonds. The number of hydrogen-bond donors (Lipinski definition) is 1. The van der Waals surface area contributed by atoms with Crippen molar-refractivity contribution in [3.8, 4) is 0 Å². The Morgan fingerprint density at radius 2 is 2.25 bits per heavy atom. The Bertz CT molecular complexity index is 598. The molecule has 0 aliphatic carbocycles. The summed E-state index contributed by atoms with van der Waals surface area (Å²) in [6.07, 6.45) is 0. The quantitative estimate of drug-likeness (QED) is 0.601. The molecule has 0 spiro atoms. The maximum absolute atomic E-state index is 11.4. The van der Waals surface area contributed by atoms with Crippen LogP contribution >= 0.6 is 0 Å². The molecule has 0 unspecified atom stereocenters. The minimum absolute atomic E-state index is 0.0842. The van der Waals surface area contributed by atoms with E-state index < -0.39 is 10.7 Å². The van der Waals surface area contributed by atoms with E-state index in [4.69, 9.17) is 10.2 Å². The van der Waals surface area contributed by atoms with Crippen molar-refractivity contribution in [2.75, 3.05) is 6.54 Å². The van der Waals surface area contributed by atoms with Crippen molar-refractivity contribution in [2.45, 2.75) is 6.54 Å². The van der Waals surface area contributed by atoms with Gasteiger partial charge < -0.3 is 10.2 Å². The Kier molecular flexibility index (Phi) is 2.45. The maximum Gasteiger partial charge on any atom is 0.419 e. The molecule has 0 atom stereocenters. The molecule has 1 aromatic carbocycles. The van der Waals surface area contributed by atoms with Crippen LogP contribution in [0.5, 0.6) is 0 Å². The second kappa shape index (κ2) is 3.78. The van der Waals surface area contributed by atoms with Gasteiger partial charge in [-0.1, -0.05) is 0 Å². The SMILES string of the molecule is NCCn1c(=O)oc2ccc([N+](=O)[O-])cc21. The van der Waals surface area contributed by atoms with Crippen molar-refractivity contribution in [2.24, 2.45) is 5.73 Å². The van der Waals surface area contributed by atoms with Gasteiger partial charge >= 0.3 is 5.76 Å². The predicted molar refractivity (Wildman–Crippen MR) is 56.2 cm³/mol. The van der Waals surface area contributed by atoms with E-state index in [1.54, 1.807) is 0 Å². The predicted octanol–water partition coefficient (Wildman–Crippen LogP) is 0.461. The lowest BCUT2D eigenvalue weighted by atomic mass is 10.3. The van der Waals surface area contributed by atoms with Crippen LogP contribution in [-0.4, -0.2) is 16.0 Å². The number of rotatable bonds is 3. The fraction of sp³-hybridized carbons (Fsp3) is 0.222. The third-order valence-electron chi connectivity index (χ3n) is 2.21. The summed E-state index contributed by atoms with van der Waals surface area (Å²) in [5.74, 6) is -0.555. The van der Waals surface area contributed by atoms with Crippen molar-refractivity contribution >= 4 is 16.8 Å². The summed E-state index contributed by atoms with van der Waals surface area (Å²) in [5.41, 5.74) is 5.97. The van der Waals surface area contributed by atoms with Crippen LogP contribution in [0.1, 0.15) is 0 Å². The first-order valence-corrected chi connectivity index (χ1v) is 4.61. The highest BCUT2D eigenvalue weighted by Gasteiger charge is 2.13. The summed E-state index contributed by atoms with van der Waals surface area (Å²) < 4.78 is 6.20. The standard InChI is InChI=1S/C9H9N3O4/c10-3-4-11-7-5-6(12(14)15)1-2-8(7)16-9(11)13/h1-2,5H,3-4,10H2. The molecule has 2 rings (SSSR count). The molecule has 16 heavy (non-hydrogen) atoms. The van der Waals surface area contributed by atoms with Crippen LogP contribution < -0.4 is 11.5 Å². The molecule has 1 heterocycles. The van der Waals surface area contributed by atoms with Crippen molar-refractivity contribution < 1.29 is 9.34 Å². The van der Waals surface area contributed by atoms with E-state index in [1.807, 2.05) is 0 Å². The zero-order valence-corrected chi connectivity index (χ0v) is 8.25. The number of nitro groups is 1. The van der Waals surface area contributed by atoms with Gasteiger partial charge in [0.2, 0.25) is 0 Å². The topological polar surface area (TPSA) is 104 Å². The summed E-state index contributed by atoms with van der Waals surface area (Å²) >= 11 is 0. The van der Waals surface area contributed by atoms with Gasteiger partial charge in [-0.3, -0.25) is 14.7 Å². The van der Waals surface area contributed by atoms with Crippen molar-refractivity contribution in [1.29, 1.82) is 0 Å². The highest BCUT2D eigenvalue weighted by molar-refractivity contribution is 5.75. The van der Waals surface area contributed by atoms with E-state index in [-0.39, 0.29) is 18.8 Å². The van der Waals surface area contributed by atoms with Crippen molar-refractivity contribution in [3.05, 3.63) is 38.9 Å². The number of hydrogen-bond acceptors (Lipinski definition) is 5. The number of nitrogens with two attached hydrogens (primary N) is 1. The second-order valence-electron chi connectivity index (χ2n) is 3.22. The van der Waals surface area contributed by atoms with E-state index in [1.165, 1.54) is 22.8 Å². The third-order valence-corrected chi connectivity index (χ3v) is 2.21. The summed E-state index contributed by atoms with van der Waals surface area (Å²) in [5, 5.41) is 10.6. The summed E-state index contributed by atoms with van der Waals surface area (Å²) in [7, 11) is 0. The van der Waals surface area contributed by atoms with Gasteiger partial charge in [-0.15, -0.1) is 0 Å². The molecule has 7 nitrogen and oxygen atoms in total. The molecule has 84 valence electrons. The molecule has 0 fully saturated rings. The van der Waals surface area contributed by atoms with Crippen LogP contribution in [0, 0.1) is 10.1 Å². The van der Waals surface area contributed by atoms with E-state index in [0.29, 0.717) is 11.1 Å². The smallest absolute Gasteiger partial charge is 0.408 e. The molecule has 0 aliphatic rings. The van der Waals surface area contributed by atoms with Gasteiger partial charge in [0, 0.05) is 25.2 Å². The highest BCUT2D eigenvalue weighted by atomic mass is 16.6. The second-order valence-corrected chi connectivity index (χ2v) is 3.22. The zero-order valence-electron chi connectivity index (χ0n) is 8.25. The first kappa shape index (κ1) is 10.4. The van der Waals surface area contributed by atoms with Crippen LogP contribution in [0.2, 0.25) is 0 Å². The van der Waals surface area contributed by atoms with Crippen molar-refractivity contribution in [1.82, 2.24) is 4.57 Å². The Hall–Kier alpha value is -2.15. The van der Waals surface area contributed by atoms with E-state index in [9.17, 15) is 14.9 Å². The molecule has 7 heteroatoms. The fourth-order valence-electron chi connectivity index (χ4n) is 1.50. The normalized spacial score (nSPS) is 10.8. The summed E-state index contributed by atoms with van der Waals surface area (Å²) in [6.45, 7) is 0.532. The number of nitro benzene ring substituents is 1. The van der Waals surface area contributed by atoms with Crippen LogP contribution in [0.25, 0.3) is 11.1 Å². The first-order valence-electron chi connectivity index (χ1n) is 4.61. The van der Waals surface area contributed by atoms with Crippen molar-refractivity contribution in [3.63, 3.8) is 0 Å². The van der Waals surface area contributed by atoms with Crippen LogP contribution in [0.3, 0.4) is 0 Å². The third kappa shape index (κ3) is 1.57. The van der Waals surface area contributed by atoms with Gasteiger partial charge in [0.1, 0.15) is 0 Å². The largest absolute Gasteiger partial charge is 0.419 e. The van der Waals surface area contributed by atoms with Gasteiger partial charge in [0.05, 0.1) is 10.4 Å². The molecule has 0 saturated heterocycles. The lowest BCUT2D eigenvalue weighted by Crippen LogP contribution is -2.19. The highest BCUT2D eigenvalue weighted by Crippen LogP contribution is 2.19. The minimum Gasteiger partial charge on any atom is -0.408 e. The minimum atomic E-state index is -0.555. The number of benzene rings is 1. The number of nitrogens with zero attached hydrogens (tertiary/aromatic N) is 2. The lowest BCUT2D eigenvalue weighted by molar-refractivity contribution is -0.384. The monoisotopic (exact) mass is 223 g/mol. The van der Waals surface area contributed by atoms with Gasteiger partial charge in [-0.25, -0.2) is 4.79 Å². The zero-order chi connectivity index (χ0) is 11.7. The number of non-ortho nitro benzene ring substituents is 1. The molecule has 0 saturated carbocycles. The molecule has 0 bridgehead atoms. The Balaban J connectivity index is 2.69. The Labute approximate surface area is 89.2 Å². The van der Waals surface area contributed by atoms with Gasteiger partial charge in [-0.2, -0.15) is 0 Å². The summed E-state index contributed by atoms with van der Waals surface area (Å²) in [4.78, 5) is 21.4. The van der Waals surface area contributed by atoms with Crippen LogP contribution in [0.4, 0.5) is 5.69 Å². The molecule has 2 aromatic rings. The van der Waals surface area contributed by atoms with Gasteiger partial charge in [0.15, 0.2) is 5.58 Å². The van der Waals surface area contributed by atoms with Gasteiger partial charge in [0.25, 0.3) is 5.69 Å². The molecular weight excluding hydrogens is 214 g/mol. The summed E-state index contributed by atoms with van der Waals surface area (Å²) in [6, 6.07) is 4.00. The van der Waals surface area contributed by atoms with Gasteiger partial charge in [-0.05, 0) is 6.07 Å². The Morgan fingerprint density at radius 3 is 2.88 bits per heavy atom. The van der Waals surface area contributed by atoms with E-state index >= 15 is 0 Å². The molecule has 0 radical (unpaired) electrons. The molecule has 1 aromatic heterocycles. The maximum atomic E-state index is 11.4. The Morgan fingerprint density at radius 1 is 1.50 bits per heavy atom. The molecule has 2 N–H and O–H groups in total. The average Bonchev–Trinajstić information content (AvgIpc) is 2.55. The number of oxazole rings is 1. The molecule has 0 aliphatic heterocycles. The number of aromatic nitrogens is 1. The lowest BCUT2D eigenvalue weighted by Gasteiger charge is -1.97. The average molecular weight is 223 g/mol.